The smallest absolute Gasteiger partial charge is 0.177 e. The SMILES string of the molecule is C#C.O=[PH2]O. The second kappa shape index (κ2) is 50.4. The largest absolute Gasteiger partial charge is 0.348 e. The Balaban J connectivity index is 0. The maximum Gasteiger partial charge on any atom is 0.177 e. The molecule has 0 spiro atoms. The van der Waals surface area contributed by atoms with E-state index in [1.54, 1.807) is 0 Å². The summed E-state index contributed by atoms with van der Waals surface area (Å²) in [6.07, 6.45) is 8.00. The first-order valence-corrected chi connectivity index (χ1v) is 1.82. The maximum atomic E-state index is 8.57. The number of hydrogen-bond acceptors (Lipinski definition) is 1. The minimum atomic E-state index is -1.50. The minimum absolute atomic E-state index is 1.50. The van der Waals surface area contributed by atoms with Crippen LogP contribution >= 0.6 is 8.69 Å². The molecule has 2 nitrogen and oxygen atoms in total. The molecule has 5 heavy (non-hydrogen) atoms. The van der Waals surface area contributed by atoms with Gasteiger partial charge in [0.05, 0.1) is 0 Å². The van der Waals surface area contributed by atoms with Crippen LogP contribution in [0.15, 0.2) is 0 Å². The first-order valence-electron chi connectivity index (χ1n) is 0.827. The number of rotatable bonds is 0. The lowest BCUT2D eigenvalue weighted by Crippen LogP contribution is -1.03. The summed E-state index contributed by atoms with van der Waals surface area (Å²) in [5, 5.41) is 0. The number of hydrogen-bond donors (Lipinski definition) is 1. The second-order valence-corrected chi connectivity index (χ2v) is 0.316. The molecule has 0 saturated carbocycles. The minimum Gasteiger partial charge on any atom is -0.348 e. The van der Waals surface area contributed by atoms with Crippen molar-refractivity contribution in [2.75, 3.05) is 0 Å². The Morgan fingerprint density at radius 2 is 1.60 bits per heavy atom. The van der Waals surface area contributed by atoms with E-state index in [1.165, 1.54) is 0 Å². The molecule has 0 aliphatic rings. The van der Waals surface area contributed by atoms with Crippen molar-refractivity contribution >= 4 is 8.69 Å². The van der Waals surface area contributed by atoms with Gasteiger partial charge < -0.3 is 4.89 Å². The molecule has 0 aromatic heterocycles. The van der Waals surface area contributed by atoms with E-state index < -0.39 is 8.69 Å². The van der Waals surface area contributed by atoms with E-state index in [0.717, 1.165) is 0 Å². The highest BCUT2D eigenvalue weighted by Gasteiger charge is 1.17. The van der Waals surface area contributed by atoms with Gasteiger partial charge in [-0.1, -0.05) is 0 Å². The summed E-state index contributed by atoms with van der Waals surface area (Å²) in [4.78, 5) is 7.10. The van der Waals surface area contributed by atoms with Crippen LogP contribution in [0.2, 0.25) is 0 Å². The first kappa shape index (κ1) is 8.83. The van der Waals surface area contributed by atoms with Crippen LogP contribution in [-0.2, 0) is 4.57 Å². The van der Waals surface area contributed by atoms with E-state index in [1.807, 2.05) is 0 Å². The Kier molecular flexibility index (Phi) is 89.1. The normalized spacial score (nSPS) is 6.20. The maximum absolute atomic E-state index is 8.57. The fourth-order valence-corrected chi connectivity index (χ4v) is 0. The van der Waals surface area contributed by atoms with Gasteiger partial charge in [0.15, 0.2) is 8.69 Å². The third-order valence-corrected chi connectivity index (χ3v) is 0. The van der Waals surface area contributed by atoms with Crippen molar-refractivity contribution < 1.29 is 9.46 Å². The summed E-state index contributed by atoms with van der Waals surface area (Å²) in [7, 11) is -1.50. The van der Waals surface area contributed by atoms with Crippen molar-refractivity contribution in [3.8, 4) is 12.8 Å². The zero-order valence-corrected chi connectivity index (χ0v) is 3.74. The summed E-state index contributed by atoms with van der Waals surface area (Å²) in [5.74, 6) is 0. The highest BCUT2D eigenvalue weighted by atomic mass is 31.1. The molecule has 1 N–H and O–H groups in total. The molecule has 0 fully saturated rings. The van der Waals surface area contributed by atoms with Crippen LogP contribution in [0.5, 0.6) is 0 Å². The van der Waals surface area contributed by atoms with Gasteiger partial charge in [-0.15, -0.1) is 12.8 Å². The monoisotopic (exact) mass is 92.0 g/mol. The molecular formula is C2H5O2P. The fraction of sp³-hybridized carbons (Fsp3) is 0. The average molecular weight is 92.0 g/mol. The Labute approximate surface area is 32.1 Å². The van der Waals surface area contributed by atoms with Gasteiger partial charge in [0, 0.05) is 0 Å². The molecule has 0 aliphatic heterocycles. The van der Waals surface area contributed by atoms with Crippen LogP contribution < -0.4 is 0 Å². The molecule has 30 valence electrons. The molecule has 1 unspecified atom stereocenters. The van der Waals surface area contributed by atoms with Gasteiger partial charge in [0.1, 0.15) is 0 Å². The summed E-state index contributed by atoms with van der Waals surface area (Å²) in [6.45, 7) is 0. The van der Waals surface area contributed by atoms with Gasteiger partial charge >= 0.3 is 0 Å². The van der Waals surface area contributed by atoms with Gasteiger partial charge in [-0.2, -0.15) is 0 Å². The molecule has 0 rings (SSSR count). The molecular weight excluding hydrogens is 87.0 g/mol. The predicted molar refractivity (Wildman–Crippen MR) is 22.5 cm³/mol. The van der Waals surface area contributed by atoms with Crippen molar-refractivity contribution in [1.82, 2.24) is 0 Å². The zero-order chi connectivity index (χ0) is 4.71. The van der Waals surface area contributed by atoms with E-state index in [-0.39, 0.29) is 0 Å². The molecule has 0 amide bonds. The molecule has 0 saturated heterocycles. The van der Waals surface area contributed by atoms with Crippen molar-refractivity contribution in [3.63, 3.8) is 0 Å². The quantitative estimate of drug-likeness (QED) is 0.334. The van der Waals surface area contributed by atoms with Crippen LogP contribution in [0.3, 0.4) is 0 Å². The van der Waals surface area contributed by atoms with E-state index in [9.17, 15) is 0 Å². The number of terminal acetylenes is 1. The summed E-state index contributed by atoms with van der Waals surface area (Å²) in [6, 6.07) is 0. The molecule has 0 bridgehead atoms. The van der Waals surface area contributed by atoms with Gasteiger partial charge in [-0.25, -0.2) is 0 Å². The van der Waals surface area contributed by atoms with E-state index in [0.29, 0.717) is 0 Å². The first-order chi connectivity index (χ1) is 2.41. The molecule has 3 heteroatoms. The van der Waals surface area contributed by atoms with E-state index in [4.69, 9.17) is 9.46 Å². The highest BCUT2D eigenvalue weighted by molar-refractivity contribution is 7.16. The summed E-state index contributed by atoms with van der Waals surface area (Å²) < 4.78 is 8.57. The van der Waals surface area contributed by atoms with Crippen molar-refractivity contribution in [2.45, 2.75) is 0 Å². The van der Waals surface area contributed by atoms with Gasteiger partial charge in [0.25, 0.3) is 0 Å². The lowest BCUT2D eigenvalue weighted by molar-refractivity contribution is 0.524. The van der Waals surface area contributed by atoms with Crippen LogP contribution in [0.4, 0.5) is 0 Å². The molecule has 0 radical (unpaired) electrons. The third kappa shape index (κ3) is 184. The van der Waals surface area contributed by atoms with Crippen molar-refractivity contribution in [1.29, 1.82) is 0 Å². The summed E-state index contributed by atoms with van der Waals surface area (Å²) in [5.41, 5.74) is 0. The lowest BCUT2D eigenvalue weighted by Gasteiger charge is -1.33. The lowest BCUT2D eigenvalue weighted by atomic mass is 11.4. The molecule has 0 aromatic rings. The summed E-state index contributed by atoms with van der Waals surface area (Å²) >= 11 is 0. The Morgan fingerprint density at radius 1 is 1.60 bits per heavy atom. The van der Waals surface area contributed by atoms with Crippen LogP contribution in [-0.4, -0.2) is 4.89 Å². The second-order valence-electron chi connectivity index (χ2n) is 0.105. The highest BCUT2D eigenvalue weighted by Crippen LogP contribution is 1.66. The Hall–Kier alpha value is -0.250. The fourth-order valence-electron chi connectivity index (χ4n) is 0. The average Bonchev–Trinajstić information content (AvgIpc) is 1.46. The third-order valence-electron chi connectivity index (χ3n) is 0. The zero-order valence-electron chi connectivity index (χ0n) is 2.59. The van der Waals surface area contributed by atoms with Gasteiger partial charge in [-0.3, -0.25) is 4.57 Å². The van der Waals surface area contributed by atoms with Gasteiger partial charge in [0.2, 0.25) is 0 Å². The van der Waals surface area contributed by atoms with Crippen LogP contribution in [0, 0.1) is 12.8 Å². The topological polar surface area (TPSA) is 37.3 Å². The van der Waals surface area contributed by atoms with E-state index in [2.05, 4.69) is 12.8 Å². The van der Waals surface area contributed by atoms with Crippen LogP contribution in [0.25, 0.3) is 0 Å². The van der Waals surface area contributed by atoms with Gasteiger partial charge in [-0.05, 0) is 0 Å². The molecule has 0 aliphatic carbocycles. The Bertz CT molecular complexity index is 31.9. The predicted octanol–water partition coefficient (Wildman–Crippen LogP) is -0.101. The molecule has 0 heterocycles. The van der Waals surface area contributed by atoms with E-state index >= 15 is 0 Å². The molecule has 1 atom stereocenters. The van der Waals surface area contributed by atoms with Crippen molar-refractivity contribution in [2.24, 2.45) is 0 Å². The van der Waals surface area contributed by atoms with Crippen LogP contribution in [0.1, 0.15) is 0 Å². The van der Waals surface area contributed by atoms with Crippen molar-refractivity contribution in [3.05, 3.63) is 0 Å². The molecule has 0 aromatic carbocycles. The Morgan fingerprint density at radius 3 is 1.60 bits per heavy atom. The standard InChI is InChI=1S/C2H2.H3O2P/c1-2;1-3-2/h1-2H;3H2,(H,1,2).